The van der Waals surface area contributed by atoms with Crippen LogP contribution in [0.2, 0.25) is 0 Å². The maximum atomic E-state index is 10.2. The van der Waals surface area contributed by atoms with Gasteiger partial charge >= 0.3 is 0 Å². The number of ether oxygens (including phenoxy) is 1. The Balaban J connectivity index is 0.00000242. The van der Waals surface area contributed by atoms with Crippen LogP contribution in [-0.2, 0) is 0 Å². The van der Waals surface area contributed by atoms with E-state index >= 15 is 0 Å². The zero-order chi connectivity index (χ0) is 15.1. The molecule has 1 aromatic carbocycles. The lowest BCUT2D eigenvalue weighted by Gasteiger charge is -2.34. The minimum atomic E-state index is -0.435. The quantitative estimate of drug-likeness (QED) is 0.752. The normalized spacial score (nSPS) is 17.1. The minimum Gasteiger partial charge on any atom is -0.491 e. The van der Waals surface area contributed by atoms with Gasteiger partial charge in [0, 0.05) is 17.1 Å². The summed E-state index contributed by atoms with van der Waals surface area (Å²) in [6.07, 6.45) is 6.13. The number of halogens is 2. The van der Waals surface area contributed by atoms with E-state index in [1.165, 1.54) is 32.1 Å². The molecule has 126 valence electrons. The molecule has 1 fully saturated rings. The zero-order valence-electron chi connectivity index (χ0n) is 13.2. The molecule has 1 aliphatic rings. The number of aliphatic hydroxyl groups is 1. The fraction of sp³-hybridized carbons (Fsp3) is 0.647. The average Bonchev–Trinajstić information content (AvgIpc) is 2.53. The van der Waals surface area contributed by atoms with Crippen LogP contribution in [0.15, 0.2) is 28.7 Å². The molecular weight excluding hydrogens is 366 g/mol. The van der Waals surface area contributed by atoms with E-state index in [2.05, 4.69) is 27.8 Å². The molecule has 1 unspecified atom stereocenters. The Morgan fingerprint density at radius 1 is 1.23 bits per heavy atom. The largest absolute Gasteiger partial charge is 0.491 e. The van der Waals surface area contributed by atoms with Crippen molar-refractivity contribution < 1.29 is 9.84 Å². The van der Waals surface area contributed by atoms with Crippen molar-refractivity contribution in [3.63, 3.8) is 0 Å². The van der Waals surface area contributed by atoms with E-state index in [-0.39, 0.29) is 12.4 Å². The molecule has 1 atom stereocenters. The highest BCUT2D eigenvalue weighted by molar-refractivity contribution is 9.10. The van der Waals surface area contributed by atoms with Gasteiger partial charge in [0.05, 0.1) is 0 Å². The first-order valence-electron chi connectivity index (χ1n) is 7.99. The first-order valence-corrected chi connectivity index (χ1v) is 8.79. The van der Waals surface area contributed by atoms with Crippen molar-refractivity contribution in [1.82, 2.24) is 4.90 Å². The van der Waals surface area contributed by atoms with Gasteiger partial charge in [-0.2, -0.15) is 0 Å². The van der Waals surface area contributed by atoms with Crippen molar-refractivity contribution in [3.05, 3.63) is 28.7 Å². The predicted octanol–water partition coefficient (Wildman–Crippen LogP) is 4.27. The average molecular weight is 393 g/mol. The molecule has 0 heterocycles. The van der Waals surface area contributed by atoms with Crippen molar-refractivity contribution in [1.29, 1.82) is 0 Å². The van der Waals surface area contributed by atoms with Crippen molar-refractivity contribution in [2.45, 2.75) is 51.2 Å². The molecule has 0 amide bonds. The number of benzene rings is 1. The van der Waals surface area contributed by atoms with Crippen molar-refractivity contribution in [2.24, 2.45) is 0 Å². The van der Waals surface area contributed by atoms with E-state index in [1.54, 1.807) is 0 Å². The topological polar surface area (TPSA) is 32.7 Å². The van der Waals surface area contributed by atoms with Gasteiger partial charge in [0.15, 0.2) is 0 Å². The fourth-order valence-electron chi connectivity index (χ4n) is 3.03. The monoisotopic (exact) mass is 391 g/mol. The molecule has 0 aliphatic heterocycles. The Labute approximate surface area is 148 Å². The molecule has 0 spiro atoms. The molecule has 2 rings (SSSR count). The van der Waals surface area contributed by atoms with Gasteiger partial charge < -0.3 is 9.84 Å². The number of hydrogen-bond donors (Lipinski definition) is 1. The highest BCUT2D eigenvalue weighted by atomic mass is 79.9. The Hall–Kier alpha value is -0.290. The molecule has 1 saturated carbocycles. The second kappa shape index (κ2) is 10.5. The summed E-state index contributed by atoms with van der Waals surface area (Å²) in [5.74, 6) is 0.804. The van der Waals surface area contributed by atoms with E-state index < -0.39 is 6.10 Å². The van der Waals surface area contributed by atoms with E-state index in [1.807, 2.05) is 24.3 Å². The summed E-state index contributed by atoms with van der Waals surface area (Å²) >= 11 is 3.40. The number of likely N-dealkylation sites (N-methyl/N-ethyl adjacent to an activating group) is 1. The van der Waals surface area contributed by atoms with Gasteiger partial charge in [-0.15, -0.1) is 12.4 Å². The maximum absolute atomic E-state index is 10.2. The van der Waals surface area contributed by atoms with Crippen LogP contribution in [0.4, 0.5) is 0 Å². The van der Waals surface area contributed by atoms with Crippen molar-refractivity contribution in [3.8, 4) is 5.75 Å². The van der Waals surface area contributed by atoms with E-state index in [0.717, 1.165) is 16.8 Å². The van der Waals surface area contributed by atoms with Crippen LogP contribution in [0.25, 0.3) is 0 Å². The second-order valence-electron chi connectivity index (χ2n) is 5.80. The van der Waals surface area contributed by atoms with Gasteiger partial charge in [0.1, 0.15) is 18.5 Å². The van der Waals surface area contributed by atoms with Crippen LogP contribution in [0.1, 0.15) is 39.0 Å². The van der Waals surface area contributed by atoms with Crippen molar-refractivity contribution in [2.75, 3.05) is 19.7 Å². The first kappa shape index (κ1) is 19.8. The molecule has 1 N–H and O–H groups in total. The third-order valence-electron chi connectivity index (χ3n) is 4.20. The van der Waals surface area contributed by atoms with Gasteiger partial charge in [-0.1, -0.05) is 42.1 Å². The molecule has 5 heteroatoms. The van der Waals surface area contributed by atoms with Gasteiger partial charge in [-0.25, -0.2) is 0 Å². The summed E-state index contributed by atoms with van der Waals surface area (Å²) in [7, 11) is 0. The molecule has 0 bridgehead atoms. The number of rotatable bonds is 7. The Kier molecular flexibility index (Phi) is 9.41. The highest BCUT2D eigenvalue weighted by Crippen LogP contribution is 2.22. The lowest BCUT2D eigenvalue weighted by molar-refractivity contribution is 0.0463. The van der Waals surface area contributed by atoms with Gasteiger partial charge in [-0.3, -0.25) is 4.90 Å². The third kappa shape index (κ3) is 6.45. The fourth-order valence-corrected chi connectivity index (χ4v) is 3.29. The Morgan fingerprint density at radius 3 is 2.45 bits per heavy atom. The molecule has 0 saturated heterocycles. The lowest BCUT2D eigenvalue weighted by Crippen LogP contribution is -2.43. The van der Waals surface area contributed by atoms with E-state index in [0.29, 0.717) is 19.2 Å². The maximum Gasteiger partial charge on any atom is 0.119 e. The number of nitrogens with zero attached hydrogens (tertiary/aromatic N) is 1. The van der Waals surface area contributed by atoms with Gasteiger partial charge in [-0.05, 0) is 43.7 Å². The SMILES string of the molecule is CCN(CC(O)COc1ccc(Br)cc1)C1CCCCC1.Cl. The number of aliphatic hydroxyl groups excluding tert-OH is 1. The summed E-state index contributed by atoms with van der Waals surface area (Å²) in [4.78, 5) is 2.41. The van der Waals surface area contributed by atoms with Crippen LogP contribution >= 0.6 is 28.3 Å². The lowest BCUT2D eigenvalue weighted by atomic mass is 9.94. The third-order valence-corrected chi connectivity index (χ3v) is 4.73. The van der Waals surface area contributed by atoms with Gasteiger partial charge in [0.25, 0.3) is 0 Å². The summed E-state index contributed by atoms with van der Waals surface area (Å²) in [6, 6.07) is 8.36. The Bertz CT molecular complexity index is 410. The molecular formula is C17H27BrClNO2. The van der Waals surface area contributed by atoms with Gasteiger partial charge in [0.2, 0.25) is 0 Å². The molecule has 22 heavy (non-hydrogen) atoms. The molecule has 3 nitrogen and oxygen atoms in total. The summed E-state index contributed by atoms with van der Waals surface area (Å²) in [5.41, 5.74) is 0. The Morgan fingerprint density at radius 2 is 1.86 bits per heavy atom. The van der Waals surface area contributed by atoms with E-state index in [9.17, 15) is 5.11 Å². The van der Waals surface area contributed by atoms with Crippen molar-refractivity contribution >= 4 is 28.3 Å². The molecule has 1 aromatic rings. The predicted molar refractivity (Wildman–Crippen MR) is 97.0 cm³/mol. The van der Waals surface area contributed by atoms with Crippen LogP contribution in [0.5, 0.6) is 5.75 Å². The zero-order valence-corrected chi connectivity index (χ0v) is 15.6. The van der Waals surface area contributed by atoms with E-state index in [4.69, 9.17) is 4.74 Å². The minimum absolute atomic E-state index is 0. The number of hydrogen-bond acceptors (Lipinski definition) is 3. The first-order chi connectivity index (χ1) is 10.2. The summed E-state index contributed by atoms with van der Waals surface area (Å²) in [5, 5.41) is 10.2. The summed E-state index contributed by atoms with van der Waals surface area (Å²) in [6.45, 7) is 4.24. The van der Waals surface area contributed by atoms with Crippen LogP contribution in [-0.4, -0.2) is 41.8 Å². The molecule has 0 radical (unpaired) electrons. The van der Waals surface area contributed by atoms with Crippen LogP contribution < -0.4 is 4.74 Å². The summed E-state index contributed by atoms with van der Waals surface area (Å²) < 4.78 is 6.69. The highest BCUT2D eigenvalue weighted by Gasteiger charge is 2.22. The molecule has 1 aliphatic carbocycles. The van der Waals surface area contributed by atoms with Crippen LogP contribution in [0.3, 0.4) is 0 Å². The smallest absolute Gasteiger partial charge is 0.119 e. The second-order valence-corrected chi connectivity index (χ2v) is 6.71. The molecule has 0 aromatic heterocycles. The standard InChI is InChI=1S/C17H26BrNO2.ClH/c1-2-19(15-6-4-3-5-7-15)12-16(20)13-21-17-10-8-14(18)9-11-17;/h8-11,15-16,20H,2-7,12-13H2,1H3;1H. The van der Waals surface area contributed by atoms with Crippen LogP contribution in [0, 0.1) is 0 Å².